The van der Waals surface area contributed by atoms with Crippen LogP contribution in [0.2, 0.25) is 0 Å². The predicted octanol–water partition coefficient (Wildman–Crippen LogP) is 3.21. The number of hydrogen-bond acceptors (Lipinski definition) is 1. The van der Waals surface area contributed by atoms with E-state index < -0.39 is 12.7 Å². The predicted molar refractivity (Wildman–Crippen MR) is 52.2 cm³/mol. The van der Waals surface area contributed by atoms with Crippen LogP contribution in [0, 0.1) is 11.8 Å². The molecular formula is C10H20F3N. The van der Waals surface area contributed by atoms with Crippen molar-refractivity contribution < 1.29 is 13.2 Å². The third-order valence-corrected chi connectivity index (χ3v) is 2.32. The summed E-state index contributed by atoms with van der Waals surface area (Å²) in [6.07, 6.45) is -2.01. The first kappa shape index (κ1) is 13.8. The van der Waals surface area contributed by atoms with Gasteiger partial charge >= 0.3 is 6.18 Å². The van der Waals surface area contributed by atoms with Gasteiger partial charge in [0.1, 0.15) is 0 Å². The van der Waals surface area contributed by atoms with E-state index in [1.807, 2.05) is 6.92 Å². The third-order valence-electron chi connectivity index (χ3n) is 2.32. The van der Waals surface area contributed by atoms with Gasteiger partial charge in [0.25, 0.3) is 0 Å². The van der Waals surface area contributed by atoms with E-state index in [9.17, 15) is 13.2 Å². The van der Waals surface area contributed by atoms with Crippen LogP contribution < -0.4 is 5.32 Å². The molecule has 2 atom stereocenters. The Labute approximate surface area is 84.1 Å². The molecule has 0 aliphatic rings. The number of rotatable bonds is 6. The Morgan fingerprint density at radius 2 is 1.71 bits per heavy atom. The molecule has 0 aliphatic carbocycles. The molecule has 4 heteroatoms. The van der Waals surface area contributed by atoms with E-state index in [0.29, 0.717) is 18.4 Å². The molecule has 1 N–H and O–H groups in total. The quantitative estimate of drug-likeness (QED) is 0.711. The second-order valence-electron chi connectivity index (χ2n) is 4.10. The first-order chi connectivity index (χ1) is 6.35. The van der Waals surface area contributed by atoms with Gasteiger partial charge in [0.15, 0.2) is 0 Å². The lowest BCUT2D eigenvalue weighted by atomic mass is 9.95. The summed E-state index contributed by atoms with van der Waals surface area (Å²) >= 11 is 0. The number of nitrogens with one attached hydrogen (secondary N) is 1. The van der Waals surface area contributed by atoms with Gasteiger partial charge in [-0.2, -0.15) is 13.2 Å². The molecule has 0 radical (unpaired) electrons. The second kappa shape index (κ2) is 6.27. The Balaban J connectivity index is 3.49. The Kier molecular flexibility index (Phi) is 6.16. The van der Waals surface area contributed by atoms with Crippen molar-refractivity contribution >= 4 is 0 Å². The fourth-order valence-electron chi connectivity index (χ4n) is 1.40. The first-order valence-electron chi connectivity index (χ1n) is 5.12. The van der Waals surface area contributed by atoms with Crippen molar-refractivity contribution in [3.8, 4) is 0 Å². The van der Waals surface area contributed by atoms with Crippen molar-refractivity contribution in [2.24, 2.45) is 11.8 Å². The first-order valence-corrected chi connectivity index (χ1v) is 5.12. The molecule has 0 bridgehead atoms. The van der Waals surface area contributed by atoms with E-state index in [4.69, 9.17) is 0 Å². The van der Waals surface area contributed by atoms with Gasteiger partial charge in [-0.1, -0.05) is 27.2 Å². The Bertz CT molecular complexity index is 145. The summed E-state index contributed by atoms with van der Waals surface area (Å²) in [5.74, 6) is 0.907. The van der Waals surface area contributed by atoms with Crippen LogP contribution >= 0.6 is 0 Å². The van der Waals surface area contributed by atoms with Crippen LogP contribution in [0.1, 0.15) is 33.6 Å². The molecule has 0 fully saturated rings. The molecule has 0 aromatic carbocycles. The lowest BCUT2D eigenvalue weighted by molar-refractivity contribution is -0.125. The molecule has 14 heavy (non-hydrogen) atoms. The van der Waals surface area contributed by atoms with E-state index >= 15 is 0 Å². The highest BCUT2D eigenvalue weighted by Gasteiger charge is 2.26. The normalized spacial score (nSPS) is 16.7. The molecule has 2 unspecified atom stereocenters. The van der Waals surface area contributed by atoms with Gasteiger partial charge < -0.3 is 5.32 Å². The van der Waals surface area contributed by atoms with Crippen LogP contribution in [-0.4, -0.2) is 19.3 Å². The lowest BCUT2D eigenvalue weighted by Crippen LogP contribution is -2.32. The SMILES string of the molecule is CCC(C)CC(C)CNCC(F)(F)F. The summed E-state index contributed by atoms with van der Waals surface area (Å²) in [5.41, 5.74) is 0. The van der Waals surface area contributed by atoms with Gasteiger partial charge in [-0.3, -0.25) is 0 Å². The van der Waals surface area contributed by atoms with E-state index in [0.717, 1.165) is 12.8 Å². The van der Waals surface area contributed by atoms with E-state index in [-0.39, 0.29) is 0 Å². The van der Waals surface area contributed by atoms with Crippen molar-refractivity contribution in [2.75, 3.05) is 13.1 Å². The Hall–Kier alpha value is -0.250. The van der Waals surface area contributed by atoms with E-state index in [2.05, 4.69) is 19.2 Å². The smallest absolute Gasteiger partial charge is 0.308 e. The highest BCUT2D eigenvalue weighted by atomic mass is 19.4. The summed E-state index contributed by atoms with van der Waals surface area (Å²) < 4.78 is 35.3. The van der Waals surface area contributed by atoms with Crippen molar-refractivity contribution in [1.29, 1.82) is 0 Å². The van der Waals surface area contributed by atoms with Gasteiger partial charge in [0, 0.05) is 0 Å². The van der Waals surface area contributed by atoms with Gasteiger partial charge in [0.2, 0.25) is 0 Å². The fourth-order valence-corrected chi connectivity index (χ4v) is 1.40. The molecule has 0 rings (SSSR count). The summed E-state index contributed by atoms with van der Waals surface area (Å²) in [4.78, 5) is 0. The average Bonchev–Trinajstić information content (AvgIpc) is 2.01. The third kappa shape index (κ3) is 8.35. The zero-order chi connectivity index (χ0) is 11.2. The minimum atomic E-state index is -4.09. The Morgan fingerprint density at radius 1 is 1.14 bits per heavy atom. The molecule has 0 aliphatic heterocycles. The molecule has 86 valence electrons. The molecule has 1 nitrogen and oxygen atoms in total. The zero-order valence-corrected chi connectivity index (χ0v) is 9.12. The maximum atomic E-state index is 11.8. The largest absolute Gasteiger partial charge is 0.401 e. The molecule has 0 aromatic heterocycles. The van der Waals surface area contributed by atoms with Crippen molar-refractivity contribution in [1.82, 2.24) is 5.32 Å². The molecule has 0 aromatic rings. The summed E-state index contributed by atoms with van der Waals surface area (Å²) in [5, 5.41) is 2.43. The number of halogens is 3. The van der Waals surface area contributed by atoms with E-state index in [1.54, 1.807) is 0 Å². The summed E-state index contributed by atoms with van der Waals surface area (Å²) in [7, 11) is 0. The number of alkyl halides is 3. The standard InChI is InChI=1S/C10H20F3N/c1-4-8(2)5-9(3)6-14-7-10(11,12)13/h8-9,14H,4-7H2,1-3H3. The van der Waals surface area contributed by atoms with Gasteiger partial charge in [-0.15, -0.1) is 0 Å². The zero-order valence-electron chi connectivity index (χ0n) is 9.12. The van der Waals surface area contributed by atoms with E-state index in [1.165, 1.54) is 0 Å². The minimum Gasteiger partial charge on any atom is -0.308 e. The van der Waals surface area contributed by atoms with Crippen LogP contribution in [0.4, 0.5) is 13.2 Å². The van der Waals surface area contributed by atoms with Crippen LogP contribution in [0.3, 0.4) is 0 Å². The highest BCUT2D eigenvalue weighted by molar-refractivity contribution is 4.63. The minimum absolute atomic E-state index is 0.312. The van der Waals surface area contributed by atoms with Crippen molar-refractivity contribution in [2.45, 2.75) is 39.8 Å². The molecule has 0 amide bonds. The molecule has 0 saturated heterocycles. The summed E-state index contributed by atoms with van der Waals surface area (Å²) in [6, 6.07) is 0. The van der Waals surface area contributed by atoms with Crippen LogP contribution in [0.15, 0.2) is 0 Å². The molecule has 0 heterocycles. The monoisotopic (exact) mass is 211 g/mol. The molecule has 0 spiro atoms. The van der Waals surface area contributed by atoms with Crippen LogP contribution in [-0.2, 0) is 0 Å². The van der Waals surface area contributed by atoms with Gasteiger partial charge in [0.05, 0.1) is 6.54 Å². The van der Waals surface area contributed by atoms with Crippen LogP contribution in [0.5, 0.6) is 0 Å². The number of hydrogen-bond donors (Lipinski definition) is 1. The average molecular weight is 211 g/mol. The maximum Gasteiger partial charge on any atom is 0.401 e. The maximum absolute atomic E-state index is 11.8. The summed E-state index contributed by atoms with van der Waals surface area (Å²) in [6.45, 7) is 5.78. The van der Waals surface area contributed by atoms with Gasteiger partial charge in [-0.05, 0) is 24.8 Å². The van der Waals surface area contributed by atoms with Crippen LogP contribution in [0.25, 0.3) is 0 Å². The topological polar surface area (TPSA) is 12.0 Å². The van der Waals surface area contributed by atoms with Gasteiger partial charge in [-0.25, -0.2) is 0 Å². The Morgan fingerprint density at radius 3 is 2.14 bits per heavy atom. The van der Waals surface area contributed by atoms with Crippen molar-refractivity contribution in [3.63, 3.8) is 0 Å². The molecule has 0 saturated carbocycles. The lowest BCUT2D eigenvalue weighted by Gasteiger charge is -2.17. The fraction of sp³-hybridized carbons (Fsp3) is 1.00. The van der Waals surface area contributed by atoms with Crippen molar-refractivity contribution in [3.05, 3.63) is 0 Å². The molecular weight excluding hydrogens is 191 g/mol. The highest BCUT2D eigenvalue weighted by Crippen LogP contribution is 2.15. The second-order valence-corrected chi connectivity index (χ2v) is 4.10.